The van der Waals surface area contributed by atoms with Crippen LogP contribution >= 0.6 is 34.4 Å². The van der Waals surface area contributed by atoms with Crippen molar-refractivity contribution in [3.05, 3.63) is 43.4 Å². The van der Waals surface area contributed by atoms with Crippen molar-refractivity contribution in [2.45, 2.75) is 70.0 Å². The maximum Gasteiger partial charge on any atom is 0.305 e. The molecule has 2 saturated heterocycles. The number of benzene rings is 1. The van der Waals surface area contributed by atoms with E-state index in [1.165, 1.54) is 31.7 Å². The fourth-order valence-electron chi connectivity index (χ4n) is 6.11. The van der Waals surface area contributed by atoms with Gasteiger partial charge in [0.2, 0.25) is 0 Å². The molecule has 10 nitrogen and oxygen atoms in total. The zero-order valence-corrected chi connectivity index (χ0v) is 28.8. The first kappa shape index (κ1) is 34.3. The molecular formula is C32H47N5O5S3. The molecule has 5 rings (SSSR count). The predicted octanol–water partition coefficient (Wildman–Crippen LogP) is 4.80. The van der Waals surface area contributed by atoms with E-state index < -0.39 is 6.10 Å². The SMILES string of the molecule is CC(C)c1nc(C(=O)N2CCOC3(CCN(CCCCCCSCCNCC(O)c4ccc(O)c5[nH]c(=O)sc45)CC3)C2)cs1. The molecule has 0 saturated carbocycles. The Morgan fingerprint density at radius 2 is 1.98 bits per heavy atom. The van der Waals surface area contributed by atoms with Gasteiger partial charge in [0.05, 0.1) is 34.6 Å². The number of likely N-dealkylation sites (tertiary alicyclic amines) is 1. The fraction of sp³-hybridized carbons (Fsp3) is 0.656. The molecule has 2 aliphatic rings. The smallest absolute Gasteiger partial charge is 0.305 e. The summed E-state index contributed by atoms with van der Waals surface area (Å²) in [6.07, 6.45) is 6.11. The minimum atomic E-state index is -0.740. The number of aliphatic hydroxyl groups is 1. The summed E-state index contributed by atoms with van der Waals surface area (Å²) in [6, 6.07) is 3.19. The number of aromatic amines is 1. The van der Waals surface area contributed by atoms with Gasteiger partial charge in [0.15, 0.2) is 0 Å². The Morgan fingerprint density at radius 1 is 1.18 bits per heavy atom. The number of aromatic nitrogens is 2. The average Bonchev–Trinajstić information content (AvgIpc) is 3.68. The molecule has 1 atom stereocenters. The van der Waals surface area contributed by atoms with Gasteiger partial charge in [-0.3, -0.25) is 9.59 Å². The molecule has 3 aromatic rings. The molecule has 0 aliphatic carbocycles. The molecule has 248 valence electrons. The lowest BCUT2D eigenvalue weighted by Gasteiger charge is -2.47. The second-order valence-electron chi connectivity index (χ2n) is 12.5. The summed E-state index contributed by atoms with van der Waals surface area (Å²) in [6.45, 7) is 10.5. The lowest BCUT2D eigenvalue weighted by molar-refractivity contribution is -0.127. The zero-order valence-electron chi connectivity index (χ0n) is 26.4. The standard InChI is InChI=1S/C32H47N5O5S3/c1-22(2)29-34-24(20-44-29)30(40)37-15-16-42-32(21-37)9-13-36(14-10-32)12-5-3-4-6-17-43-18-11-33-19-26(39)23-7-8-25(38)27-28(23)45-31(41)35-27/h7-8,20,22,26,33,38-39H,3-6,9-19,21H2,1-2H3,(H,35,41). The number of carbonyl (C=O) groups is 1. The monoisotopic (exact) mass is 677 g/mol. The molecule has 1 amide bonds. The highest BCUT2D eigenvalue weighted by molar-refractivity contribution is 7.99. The number of nitrogens with one attached hydrogen (secondary N) is 2. The maximum atomic E-state index is 13.1. The van der Waals surface area contributed by atoms with Crippen molar-refractivity contribution in [2.75, 3.05) is 63.9 Å². The van der Waals surface area contributed by atoms with E-state index >= 15 is 0 Å². The van der Waals surface area contributed by atoms with Crippen molar-refractivity contribution in [3.8, 4) is 5.75 Å². The number of hydrogen-bond acceptors (Lipinski definition) is 11. The van der Waals surface area contributed by atoms with Crippen LogP contribution in [-0.2, 0) is 4.74 Å². The maximum absolute atomic E-state index is 13.1. The van der Waals surface area contributed by atoms with Gasteiger partial charge in [-0.1, -0.05) is 44.1 Å². The van der Waals surface area contributed by atoms with Crippen molar-refractivity contribution >= 4 is 50.6 Å². The number of carbonyl (C=O) groups excluding carboxylic acids is 1. The molecule has 4 heterocycles. The lowest BCUT2D eigenvalue weighted by Crippen LogP contribution is -2.58. The second-order valence-corrected chi connectivity index (χ2v) is 15.6. The van der Waals surface area contributed by atoms with E-state index in [4.69, 9.17) is 4.74 Å². The number of H-pyrrole nitrogens is 1. The first-order valence-electron chi connectivity index (χ1n) is 16.2. The van der Waals surface area contributed by atoms with Gasteiger partial charge in [-0.25, -0.2) is 4.98 Å². The van der Waals surface area contributed by atoms with Crippen molar-refractivity contribution in [1.29, 1.82) is 0 Å². The normalized spacial score (nSPS) is 17.9. The molecular weight excluding hydrogens is 631 g/mol. The van der Waals surface area contributed by atoms with E-state index in [0.717, 1.165) is 66.9 Å². The quantitative estimate of drug-likeness (QED) is 0.168. The highest BCUT2D eigenvalue weighted by atomic mass is 32.2. The van der Waals surface area contributed by atoms with Gasteiger partial charge >= 0.3 is 4.87 Å². The summed E-state index contributed by atoms with van der Waals surface area (Å²) < 4.78 is 6.90. The van der Waals surface area contributed by atoms with Gasteiger partial charge < -0.3 is 35.1 Å². The number of thioether (sulfide) groups is 1. The average molecular weight is 678 g/mol. The first-order chi connectivity index (χ1) is 21.7. The van der Waals surface area contributed by atoms with Crippen LogP contribution in [0.2, 0.25) is 0 Å². The van der Waals surface area contributed by atoms with Crippen LogP contribution < -0.4 is 10.2 Å². The molecule has 1 spiro atoms. The second kappa shape index (κ2) is 16.2. The Bertz CT molecular complexity index is 1450. The summed E-state index contributed by atoms with van der Waals surface area (Å²) in [7, 11) is 0. The molecule has 0 bridgehead atoms. The summed E-state index contributed by atoms with van der Waals surface area (Å²) in [5, 5.41) is 26.8. The number of unbranched alkanes of at least 4 members (excludes halogenated alkanes) is 3. The number of phenolic OH excluding ortho intramolecular Hbond substituents is 1. The molecule has 1 aromatic carbocycles. The molecule has 2 aliphatic heterocycles. The molecule has 1 unspecified atom stereocenters. The summed E-state index contributed by atoms with van der Waals surface area (Å²) in [4.78, 5) is 36.3. The van der Waals surface area contributed by atoms with Gasteiger partial charge in [0, 0.05) is 55.3 Å². The van der Waals surface area contributed by atoms with E-state index in [1.54, 1.807) is 17.4 Å². The van der Waals surface area contributed by atoms with Crippen molar-refractivity contribution in [1.82, 2.24) is 25.1 Å². The number of rotatable bonds is 15. The van der Waals surface area contributed by atoms with E-state index in [-0.39, 0.29) is 22.1 Å². The Labute approximate surface area is 277 Å². The minimum absolute atomic E-state index is 0.0214. The number of phenols is 1. The van der Waals surface area contributed by atoms with Crippen LogP contribution in [0.3, 0.4) is 0 Å². The molecule has 0 radical (unpaired) electrons. The highest BCUT2D eigenvalue weighted by Crippen LogP contribution is 2.32. The van der Waals surface area contributed by atoms with E-state index in [0.29, 0.717) is 53.6 Å². The third-order valence-electron chi connectivity index (χ3n) is 8.76. The van der Waals surface area contributed by atoms with E-state index in [9.17, 15) is 19.8 Å². The number of morpholine rings is 1. The van der Waals surface area contributed by atoms with E-state index in [2.05, 4.69) is 34.0 Å². The number of nitrogens with zero attached hydrogens (tertiary/aromatic N) is 3. The Balaban J connectivity index is 0.891. The molecule has 13 heteroatoms. The summed E-state index contributed by atoms with van der Waals surface area (Å²) in [5.74, 6) is 2.52. The van der Waals surface area contributed by atoms with Crippen LogP contribution in [0.15, 0.2) is 22.3 Å². The van der Waals surface area contributed by atoms with Crippen molar-refractivity contribution in [3.63, 3.8) is 0 Å². The Kier molecular flexibility index (Phi) is 12.4. The number of ether oxygens (including phenoxy) is 1. The highest BCUT2D eigenvalue weighted by Gasteiger charge is 2.41. The number of hydrogen-bond donors (Lipinski definition) is 4. The molecule has 2 aromatic heterocycles. The van der Waals surface area contributed by atoms with Gasteiger partial charge in [0.1, 0.15) is 17.0 Å². The number of aliphatic hydroxyl groups excluding tert-OH is 1. The van der Waals surface area contributed by atoms with Gasteiger partial charge in [-0.05, 0) is 44.0 Å². The Hall–Kier alpha value is -2.00. The number of amides is 1. The van der Waals surface area contributed by atoms with Crippen molar-refractivity contribution in [2.24, 2.45) is 0 Å². The number of thiazole rings is 2. The topological polar surface area (TPSA) is 131 Å². The third kappa shape index (κ3) is 9.09. The largest absolute Gasteiger partial charge is 0.506 e. The minimum Gasteiger partial charge on any atom is -0.506 e. The summed E-state index contributed by atoms with van der Waals surface area (Å²) >= 11 is 4.52. The van der Waals surface area contributed by atoms with Crippen LogP contribution in [0.4, 0.5) is 0 Å². The number of piperidine rings is 1. The van der Waals surface area contributed by atoms with Crippen LogP contribution in [0, 0.1) is 0 Å². The predicted molar refractivity (Wildman–Crippen MR) is 184 cm³/mol. The van der Waals surface area contributed by atoms with Crippen LogP contribution in [0.5, 0.6) is 5.75 Å². The first-order valence-corrected chi connectivity index (χ1v) is 19.0. The number of aromatic hydroxyl groups is 1. The zero-order chi connectivity index (χ0) is 31.8. The van der Waals surface area contributed by atoms with Gasteiger partial charge in [-0.2, -0.15) is 11.8 Å². The van der Waals surface area contributed by atoms with Crippen molar-refractivity contribution < 1.29 is 19.7 Å². The van der Waals surface area contributed by atoms with Crippen LogP contribution in [-0.4, -0.2) is 105 Å². The lowest BCUT2D eigenvalue weighted by atomic mass is 9.89. The Morgan fingerprint density at radius 3 is 2.76 bits per heavy atom. The molecule has 4 N–H and O–H groups in total. The van der Waals surface area contributed by atoms with Gasteiger partial charge in [-0.15, -0.1) is 11.3 Å². The van der Waals surface area contributed by atoms with Crippen LogP contribution in [0.25, 0.3) is 10.2 Å². The van der Waals surface area contributed by atoms with E-state index in [1.807, 2.05) is 22.0 Å². The third-order valence-corrected chi connectivity index (χ3v) is 11.9. The molecule has 45 heavy (non-hydrogen) atoms. The fourth-order valence-corrected chi connectivity index (χ4v) is 8.74. The molecule has 2 fully saturated rings. The number of fused-ring (bicyclic) bond motifs is 1. The van der Waals surface area contributed by atoms with Gasteiger partial charge in [0.25, 0.3) is 5.91 Å². The summed E-state index contributed by atoms with van der Waals surface area (Å²) in [5.41, 5.74) is 1.41. The van der Waals surface area contributed by atoms with Crippen LogP contribution in [0.1, 0.15) is 85.5 Å².